The van der Waals surface area contributed by atoms with Crippen LogP contribution in [0.4, 0.5) is 10.1 Å². The van der Waals surface area contributed by atoms with Crippen LogP contribution in [0.2, 0.25) is 5.02 Å². The Bertz CT molecular complexity index is 656. The third kappa shape index (κ3) is 7.34. The summed E-state index contributed by atoms with van der Waals surface area (Å²) in [6.45, 7) is 9.45. The smallest absolute Gasteiger partial charge is 0.319 e. The maximum atomic E-state index is 14.2. The van der Waals surface area contributed by atoms with Crippen LogP contribution < -0.4 is 5.32 Å². The lowest BCUT2D eigenvalue weighted by Gasteiger charge is -2.19. The van der Waals surface area contributed by atoms with E-state index in [1.54, 1.807) is 6.92 Å². The molecule has 7 heteroatoms. The highest BCUT2D eigenvalue weighted by Gasteiger charge is 2.23. The molecule has 0 aliphatic carbocycles. The summed E-state index contributed by atoms with van der Waals surface area (Å²) in [5.41, 5.74) is 0.0694. The first-order valence-electron chi connectivity index (χ1n) is 9.40. The number of ether oxygens (including phenoxy) is 1. The van der Waals surface area contributed by atoms with Gasteiger partial charge in [0, 0.05) is 10.8 Å². The van der Waals surface area contributed by atoms with Crippen LogP contribution in [0.3, 0.4) is 0 Å². The highest BCUT2D eigenvalue weighted by atomic mass is 35.5. The zero-order valence-electron chi connectivity index (χ0n) is 16.6. The molecule has 0 saturated heterocycles. The molecule has 1 aromatic carbocycles. The number of esters is 1. The van der Waals surface area contributed by atoms with Crippen molar-refractivity contribution in [2.45, 2.75) is 76.6 Å². The Labute approximate surface area is 170 Å². The van der Waals surface area contributed by atoms with Crippen LogP contribution in [-0.4, -0.2) is 23.2 Å². The molecule has 1 rings (SSSR count). The molecule has 0 aromatic heterocycles. The van der Waals surface area contributed by atoms with Gasteiger partial charge in [0.15, 0.2) is 0 Å². The minimum atomic E-state index is -0.600. The molecule has 0 aliphatic rings. The standard InChI is InChI=1S/C20H29ClFNO3S/c1-6-9-12(4)19(24)23-16-11-18(14(21)10-15(16)22)27-17(8-3)20(25)26-13(5)7-2/h10-13,17H,6-9H2,1-5H3,(H,23,24). The number of carbonyl (C=O) groups is 2. The molecule has 4 nitrogen and oxygen atoms in total. The van der Waals surface area contributed by atoms with E-state index in [4.69, 9.17) is 16.3 Å². The number of benzene rings is 1. The van der Waals surface area contributed by atoms with Crippen LogP contribution in [0.25, 0.3) is 0 Å². The van der Waals surface area contributed by atoms with Crippen molar-refractivity contribution in [3.63, 3.8) is 0 Å². The van der Waals surface area contributed by atoms with Gasteiger partial charge in [0.05, 0.1) is 16.8 Å². The maximum absolute atomic E-state index is 14.2. The molecule has 27 heavy (non-hydrogen) atoms. The van der Waals surface area contributed by atoms with Crippen molar-refractivity contribution in [1.82, 2.24) is 0 Å². The second kappa shape index (κ2) is 11.5. The molecule has 1 amide bonds. The summed E-state index contributed by atoms with van der Waals surface area (Å²) in [5, 5.41) is 2.37. The summed E-state index contributed by atoms with van der Waals surface area (Å²) in [4.78, 5) is 25.1. The van der Waals surface area contributed by atoms with Crippen LogP contribution in [0.1, 0.15) is 60.3 Å². The first-order valence-corrected chi connectivity index (χ1v) is 10.7. The predicted octanol–water partition coefficient (Wildman–Crippen LogP) is 6.07. The molecule has 0 radical (unpaired) electrons. The fourth-order valence-corrected chi connectivity index (χ4v) is 3.61. The highest BCUT2D eigenvalue weighted by Crippen LogP contribution is 2.36. The molecule has 3 unspecified atom stereocenters. The minimum absolute atomic E-state index is 0.0694. The molecule has 0 heterocycles. The number of nitrogens with one attached hydrogen (secondary N) is 1. The molecule has 1 N–H and O–H groups in total. The Morgan fingerprint density at radius 1 is 1.22 bits per heavy atom. The first kappa shape index (κ1) is 23.8. The van der Waals surface area contributed by atoms with Gasteiger partial charge in [-0.3, -0.25) is 9.59 Å². The second-order valence-electron chi connectivity index (χ2n) is 6.61. The van der Waals surface area contributed by atoms with Gasteiger partial charge >= 0.3 is 5.97 Å². The third-order valence-corrected chi connectivity index (χ3v) is 6.07. The Kier molecular flexibility index (Phi) is 10.2. The molecular formula is C20H29ClFNO3S. The van der Waals surface area contributed by atoms with E-state index in [9.17, 15) is 14.0 Å². The SMILES string of the molecule is CCCC(C)C(=O)Nc1cc(SC(CC)C(=O)OC(C)CC)c(Cl)cc1F. The van der Waals surface area contributed by atoms with E-state index >= 15 is 0 Å². The van der Waals surface area contributed by atoms with Gasteiger partial charge in [0.2, 0.25) is 5.91 Å². The number of carbonyl (C=O) groups excluding carboxylic acids is 2. The van der Waals surface area contributed by atoms with Crippen LogP contribution in [0, 0.1) is 11.7 Å². The zero-order chi connectivity index (χ0) is 20.6. The summed E-state index contributed by atoms with van der Waals surface area (Å²) in [6.07, 6.45) is 2.71. The van der Waals surface area contributed by atoms with Crippen molar-refractivity contribution >= 4 is 40.9 Å². The van der Waals surface area contributed by atoms with E-state index in [0.29, 0.717) is 11.3 Å². The van der Waals surface area contributed by atoms with Crippen molar-refractivity contribution in [1.29, 1.82) is 0 Å². The lowest BCUT2D eigenvalue weighted by Crippen LogP contribution is -2.24. The number of thioether (sulfide) groups is 1. The summed E-state index contributed by atoms with van der Waals surface area (Å²) in [5.74, 6) is -1.37. The topological polar surface area (TPSA) is 55.4 Å². The molecular weight excluding hydrogens is 389 g/mol. The lowest BCUT2D eigenvalue weighted by molar-refractivity contribution is -0.147. The van der Waals surface area contributed by atoms with Crippen molar-refractivity contribution in [3.8, 4) is 0 Å². The summed E-state index contributed by atoms with van der Waals surface area (Å²) in [6, 6.07) is 2.65. The summed E-state index contributed by atoms with van der Waals surface area (Å²) >= 11 is 7.38. The van der Waals surface area contributed by atoms with Crippen LogP contribution in [0.5, 0.6) is 0 Å². The highest BCUT2D eigenvalue weighted by molar-refractivity contribution is 8.00. The van der Waals surface area contributed by atoms with Gasteiger partial charge in [0.1, 0.15) is 11.1 Å². The second-order valence-corrected chi connectivity index (χ2v) is 8.26. The average Bonchev–Trinajstić information content (AvgIpc) is 2.62. The fourth-order valence-electron chi connectivity index (χ4n) is 2.34. The monoisotopic (exact) mass is 417 g/mol. The van der Waals surface area contributed by atoms with E-state index in [-0.39, 0.29) is 34.6 Å². The Morgan fingerprint density at radius 2 is 1.89 bits per heavy atom. The molecule has 0 bridgehead atoms. The molecule has 1 aromatic rings. The van der Waals surface area contributed by atoms with Gasteiger partial charge in [-0.15, -0.1) is 11.8 Å². The molecule has 0 saturated carbocycles. The predicted molar refractivity (Wildman–Crippen MR) is 110 cm³/mol. The lowest BCUT2D eigenvalue weighted by atomic mass is 10.1. The summed E-state index contributed by atoms with van der Waals surface area (Å²) < 4.78 is 19.6. The Hall–Kier alpha value is -1.27. The van der Waals surface area contributed by atoms with Gasteiger partial charge in [-0.25, -0.2) is 4.39 Å². The number of halogens is 2. The van der Waals surface area contributed by atoms with Gasteiger partial charge < -0.3 is 10.1 Å². The Balaban J connectivity index is 2.97. The van der Waals surface area contributed by atoms with Gasteiger partial charge in [0.25, 0.3) is 0 Å². The van der Waals surface area contributed by atoms with E-state index < -0.39 is 11.1 Å². The van der Waals surface area contributed by atoms with Crippen molar-refractivity contribution < 1.29 is 18.7 Å². The number of amides is 1. The summed E-state index contributed by atoms with van der Waals surface area (Å²) in [7, 11) is 0. The van der Waals surface area contributed by atoms with Crippen molar-refractivity contribution in [2.75, 3.05) is 5.32 Å². The van der Waals surface area contributed by atoms with Gasteiger partial charge in [-0.1, -0.05) is 45.7 Å². The quantitative estimate of drug-likeness (QED) is 0.371. The number of hydrogen-bond donors (Lipinski definition) is 1. The normalized spacial score (nSPS) is 14.3. The molecule has 0 fully saturated rings. The first-order chi connectivity index (χ1) is 12.7. The number of hydrogen-bond acceptors (Lipinski definition) is 4. The molecule has 3 atom stereocenters. The fraction of sp³-hybridized carbons (Fsp3) is 0.600. The minimum Gasteiger partial charge on any atom is -0.462 e. The molecule has 152 valence electrons. The van der Waals surface area contributed by atoms with Crippen LogP contribution in [0.15, 0.2) is 17.0 Å². The number of rotatable bonds is 10. The molecule has 0 spiro atoms. The van der Waals surface area contributed by atoms with Crippen molar-refractivity contribution in [2.24, 2.45) is 5.92 Å². The third-order valence-electron chi connectivity index (χ3n) is 4.24. The van der Waals surface area contributed by atoms with Crippen molar-refractivity contribution in [3.05, 3.63) is 23.0 Å². The molecule has 0 aliphatic heterocycles. The van der Waals surface area contributed by atoms with Crippen LogP contribution >= 0.6 is 23.4 Å². The zero-order valence-corrected chi connectivity index (χ0v) is 18.2. The van der Waals surface area contributed by atoms with E-state index in [1.165, 1.54) is 17.8 Å². The largest absolute Gasteiger partial charge is 0.462 e. The van der Waals surface area contributed by atoms with Gasteiger partial charge in [-0.05, 0) is 38.3 Å². The van der Waals surface area contributed by atoms with E-state index in [0.717, 1.165) is 25.3 Å². The maximum Gasteiger partial charge on any atom is 0.319 e. The van der Waals surface area contributed by atoms with Gasteiger partial charge in [-0.2, -0.15) is 0 Å². The Morgan fingerprint density at radius 3 is 2.44 bits per heavy atom. The number of anilines is 1. The van der Waals surface area contributed by atoms with E-state index in [1.807, 2.05) is 27.7 Å². The van der Waals surface area contributed by atoms with Crippen LogP contribution in [-0.2, 0) is 14.3 Å². The van der Waals surface area contributed by atoms with E-state index in [2.05, 4.69) is 5.32 Å². The average molecular weight is 418 g/mol.